The summed E-state index contributed by atoms with van der Waals surface area (Å²) in [6, 6.07) is 12.2. The number of thioether (sulfide) groups is 1. The molecule has 5 atom stereocenters. The van der Waals surface area contributed by atoms with Gasteiger partial charge in [0, 0.05) is 38.1 Å². The summed E-state index contributed by atoms with van der Waals surface area (Å²) < 4.78 is 6.86. The zero-order valence-electron chi connectivity index (χ0n) is 27.9. The zero-order chi connectivity index (χ0) is 32.3. The Bertz CT molecular complexity index is 2150. The fourth-order valence-electron chi connectivity index (χ4n) is 9.04. The number of allylic oxidation sites excluding steroid dienone is 12. The van der Waals surface area contributed by atoms with Gasteiger partial charge in [-0.1, -0.05) is 103 Å². The fourth-order valence-corrected chi connectivity index (χ4v) is 10.4. The topological polar surface area (TPSA) is 24.5 Å². The van der Waals surface area contributed by atoms with E-state index in [1.165, 1.54) is 60.1 Å². The summed E-state index contributed by atoms with van der Waals surface area (Å²) in [4.78, 5) is 4.13. The zero-order valence-corrected chi connectivity index (χ0v) is 28.7. The van der Waals surface area contributed by atoms with Crippen LogP contribution in [0.25, 0.3) is 23.5 Å². The number of benzene rings is 2. The van der Waals surface area contributed by atoms with Crippen molar-refractivity contribution < 1.29 is 4.74 Å². The van der Waals surface area contributed by atoms with E-state index in [4.69, 9.17) is 4.74 Å². The molecule has 1 N–H and O–H groups in total. The van der Waals surface area contributed by atoms with Crippen molar-refractivity contribution >= 4 is 40.9 Å². The molecule has 49 heavy (non-hydrogen) atoms. The van der Waals surface area contributed by atoms with Gasteiger partial charge in [-0.3, -0.25) is 5.32 Å². The minimum Gasteiger partial charge on any atom is -0.473 e. The lowest BCUT2D eigenvalue weighted by molar-refractivity contribution is 0.217. The molecule has 4 heteroatoms. The molecule has 0 amide bonds. The van der Waals surface area contributed by atoms with Gasteiger partial charge in [-0.05, 0) is 97.1 Å². The normalized spacial score (nSPS) is 28.6. The minimum atomic E-state index is -0.0756. The van der Waals surface area contributed by atoms with Crippen LogP contribution in [0.4, 0.5) is 5.69 Å². The van der Waals surface area contributed by atoms with Gasteiger partial charge in [0.2, 0.25) is 0 Å². The van der Waals surface area contributed by atoms with Crippen LogP contribution >= 0.6 is 11.8 Å². The standard InChI is InChI=1S/C45H42N2OS/c1-3-10-29(11-4-1)30-20-24-34(25-21-30)47(39-15-9-17-41-43(39)36-14-7-8-16-40(36)49-41)35-26-22-31-18-19-32-23-27-38-44(42(32)37(31)28-35)48-45(46-38)33-12-5-2-6-13-33/h1,3-5,7-10,12-15,17-21,23-24,28-29,34,38,40,45-46H,2,6,11,16,22,25-27H2. The molecule has 1 fully saturated rings. The van der Waals surface area contributed by atoms with E-state index in [1.807, 2.05) is 11.8 Å². The number of hydrogen-bond donors (Lipinski definition) is 1. The summed E-state index contributed by atoms with van der Waals surface area (Å²) >= 11 is 2.04. The second-order valence-corrected chi connectivity index (χ2v) is 15.6. The molecule has 0 bridgehead atoms. The van der Waals surface area contributed by atoms with Crippen molar-refractivity contribution in [3.63, 3.8) is 0 Å². The lowest BCUT2D eigenvalue weighted by Crippen LogP contribution is -2.41. The Morgan fingerprint density at radius 3 is 2.67 bits per heavy atom. The third kappa shape index (κ3) is 5.14. The van der Waals surface area contributed by atoms with Gasteiger partial charge in [-0.15, -0.1) is 11.8 Å². The molecule has 2 aromatic rings. The highest BCUT2D eigenvalue weighted by molar-refractivity contribution is 8.00. The van der Waals surface area contributed by atoms with Crippen molar-refractivity contribution in [3.8, 4) is 0 Å². The highest BCUT2D eigenvalue weighted by atomic mass is 32.2. The first kappa shape index (κ1) is 29.6. The Labute approximate surface area is 293 Å². The molecule has 5 unspecified atom stereocenters. The average Bonchev–Trinajstić information content (AvgIpc) is 3.78. The Morgan fingerprint density at radius 2 is 1.80 bits per heavy atom. The molecule has 244 valence electrons. The molecule has 8 aliphatic rings. The number of hydrogen-bond acceptors (Lipinski definition) is 4. The minimum absolute atomic E-state index is 0.0756. The third-order valence-electron chi connectivity index (χ3n) is 11.5. The molecule has 2 aromatic carbocycles. The predicted octanol–water partition coefficient (Wildman–Crippen LogP) is 8.57. The van der Waals surface area contributed by atoms with E-state index in [-0.39, 0.29) is 18.3 Å². The number of aryl methyl sites for hydroxylation is 1. The van der Waals surface area contributed by atoms with Crippen molar-refractivity contribution in [3.05, 3.63) is 153 Å². The Hall–Kier alpha value is -4.25. The molecular weight excluding hydrogens is 617 g/mol. The molecule has 0 saturated carbocycles. The van der Waals surface area contributed by atoms with E-state index in [2.05, 4.69) is 132 Å². The maximum Gasteiger partial charge on any atom is 0.176 e. The van der Waals surface area contributed by atoms with Gasteiger partial charge in [0.25, 0.3) is 0 Å². The highest BCUT2D eigenvalue weighted by Gasteiger charge is 2.37. The van der Waals surface area contributed by atoms with Gasteiger partial charge in [-0.2, -0.15) is 0 Å². The first-order valence-electron chi connectivity index (χ1n) is 18.3. The van der Waals surface area contributed by atoms with Gasteiger partial charge >= 0.3 is 0 Å². The first-order chi connectivity index (χ1) is 24.3. The highest BCUT2D eigenvalue weighted by Crippen LogP contribution is 2.52. The molecule has 0 spiro atoms. The second kappa shape index (κ2) is 12.3. The van der Waals surface area contributed by atoms with Crippen molar-refractivity contribution in [2.75, 3.05) is 4.90 Å². The van der Waals surface area contributed by atoms with Gasteiger partial charge in [0.15, 0.2) is 6.23 Å². The van der Waals surface area contributed by atoms with E-state index in [0.29, 0.717) is 11.2 Å². The predicted molar refractivity (Wildman–Crippen MR) is 205 cm³/mol. The quantitative estimate of drug-likeness (QED) is 0.348. The second-order valence-electron chi connectivity index (χ2n) is 14.4. The lowest BCUT2D eigenvalue weighted by atomic mass is 9.86. The molecular formula is C45H42N2OS. The van der Waals surface area contributed by atoms with Crippen LogP contribution < -0.4 is 20.7 Å². The summed E-state index contributed by atoms with van der Waals surface area (Å²) in [6.07, 6.45) is 43.6. The van der Waals surface area contributed by atoms with E-state index < -0.39 is 0 Å². The Kier molecular flexibility index (Phi) is 7.42. The largest absolute Gasteiger partial charge is 0.473 e. The summed E-state index contributed by atoms with van der Waals surface area (Å²) in [5.74, 6) is 1.60. The van der Waals surface area contributed by atoms with E-state index >= 15 is 0 Å². The maximum absolute atomic E-state index is 6.86. The van der Waals surface area contributed by atoms with Crippen LogP contribution in [0.1, 0.15) is 61.6 Å². The molecule has 2 aliphatic heterocycles. The van der Waals surface area contributed by atoms with Crippen molar-refractivity contribution in [2.45, 2.75) is 79.8 Å². The number of fused-ring (bicyclic) bond motifs is 7. The van der Waals surface area contributed by atoms with Crippen LogP contribution in [0.15, 0.2) is 131 Å². The molecule has 10 rings (SSSR count). The van der Waals surface area contributed by atoms with Gasteiger partial charge in [-0.25, -0.2) is 0 Å². The number of nitrogens with one attached hydrogen (secondary N) is 1. The van der Waals surface area contributed by atoms with Crippen molar-refractivity contribution in [1.29, 1.82) is 0 Å². The number of anilines is 1. The molecule has 2 heterocycles. The SMILES string of the molecule is C1=CCC(C2=CCC(N(C3=Cc4c(ccc5c4=C4OC(C6=CCCC=C6)NC4CC=5)CC3)c3cccc4c3C3=CC=CCC3S4)C=C2)C=C1. The molecule has 0 radical (unpaired) electrons. The molecule has 6 aliphatic carbocycles. The summed E-state index contributed by atoms with van der Waals surface area (Å²) in [6.45, 7) is 0. The van der Waals surface area contributed by atoms with E-state index in [9.17, 15) is 0 Å². The molecule has 0 aromatic heterocycles. The third-order valence-corrected chi connectivity index (χ3v) is 12.8. The van der Waals surface area contributed by atoms with Crippen LogP contribution in [0.5, 0.6) is 0 Å². The van der Waals surface area contributed by atoms with E-state index in [1.54, 1.807) is 0 Å². The summed E-state index contributed by atoms with van der Waals surface area (Å²) in [5, 5.41) is 6.94. The van der Waals surface area contributed by atoms with Crippen molar-refractivity contribution in [1.82, 2.24) is 5.32 Å². The number of nitrogens with zero attached hydrogens (tertiary/aromatic N) is 1. The Balaban J connectivity index is 1.10. The van der Waals surface area contributed by atoms with Crippen LogP contribution in [0, 0.1) is 5.92 Å². The maximum atomic E-state index is 6.86. The van der Waals surface area contributed by atoms with Gasteiger partial charge < -0.3 is 9.64 Å². The van der Waals surface area contributed by atoms with Crippen LogP contribution in [-0.2, 0) is 11.2 Å². The Morgan fingerprint density at radius 1 is 0.816 bits per heavy atom. The monoisotopic (exact) mass is 658 g/mol. The average molecular weight is 659 g/mol. The van der Waals surface area contributed by atoms with Crippen LogP contribution in [0.3, 0.4) is 0 Å². The lowest BCUT2D eigenvalue weighted by Gasteiger charge is -2.38. The van der Waals surface area contributed by atoms with Gasteiger partial charge in [0.1, 0.15) is 5.76 Å². The van der Waals surface area contributed by atoms with Crippen LogP contribution in [0.2, 0.25) is 0 Å². The molecule has 1 saturated heterocycles. The summed E-state index contributed by atoms with van der Waals surface area (Å²) in [5.41, 5.74) is 11.2. The smallest absolute Gasteiger partial charge is 0.176 e. The number of ether oxygens (including phenoxy) is 1. The fraction of sp³-hybridized carbons (Fsp3) is 0.289. The van der Waals surface area contributed by atoms with E-state index in [0.717, 1.165) is 57.1 Å². The molecule has 3 nitrogen and oxygen atoms in total. The van der Waals surface area contributed by atoms with Crippen LogP contribution in [-0.4, -0.2) is 23.6 Å². The van der Waals surface area contributed by atoms with Gasteiger partial charge in [0.05, 0.1) is 17.8 Å². The summed E-state index contributed by atoms with van der Waals surface area (Å²) in [7, 11) is 0. The first-order valence-corrected chi connectivity index (χ1v) is 19.2. The van der Waals surface area contributed by atoms with Crippen molar-refractivity contribution in [2.24, 2.45) is 5.92 Å². The number of rotatable bonds is 5.